The van der Waals surface area contributed by atoms with Gasteiger partial charge < -0.3 is 16.0 Å². The molecule has 1 saturated heterocycles. The topological polar surface area (TPSA) is 58.4 Å². The van der Waals surface area contributed by atoms with E-state index in [4.69, 9.17) is 5.73 Å². The Morgan fingerprint density at radius 3 is 2.44 bits per heavy atom. The zero-order valence-corrected chi connectivity index (χ0v) is 18.0. The van der Waals surface area contributed by atoms with E-state index in [9.17, 15) is 4.79 Å². The zero-order valence-electron chi connectivity index (χ0n) is 16.4. The number of amides is 1. The molecule has 154 valence electrons. The quantitative estimate of drug-likeness (QED) is 0.741. The third-order valence-electron chi connectivity index (χ3n) is 6.11. The van der Waals surface area contributed by atoms with Crippen molar-refractivity contribution in [3.05, 3.63) is 29.8 Å². The van der Waals surface area contributed by atoms with E-state index in [2.05, 4.69) is 41.4 Å². The van der Waals surface area contributed by atoms with Crippen molar-refractivity contribution in [2.24, 2.45) is 11.1 Å². The smallest absolute Gasteiger partial charge is 0.223 e. The molecule has 1 amide bonds. The highest BCUT2D eigenvalue weighted by Gasteiger charge is 2.35. The second-order valence-electron chi connectivity index (χ2n) is 8.11. The fourth-order valence-electron chi connectivity index (χ4n) is 4.43. The van der Waals surface area contributed by atoms with Crippen LogP contribution in [-0.2, 0) is 4.79 Å². The van der Waals surface area contributed by atoms with E-state index in [0.717, 1.165) is 38.8 Å². The molecule has 1 aliphatic carbocycles. The summed E-state index contributed by atoms with van der Waals surface area (Å²) in [4.78, 5) is 14.9. The van der Waals surface area contributed by atoms with Crippen molar-refractivity contribution in [1.29, 1.82) is 0 Å². The summed E-state index contributed by atoms with van der Waals surface area (Å²) in [5.41, 5.74) is 8.60. The highest BCUT2D eigenvalue weighted by atomic mass is 35.5. The Morgan fingerprint density at radius 1 is 1.19 bits per heavy atom. The number of hydrogen-bond acceptors (Lipinski definition) is 3. The molecule has 1 aromatic carbocycles. The first kappa shape index (κ1) is 24.1. The number of nitrogens with one attached hydrogen (secondary N) is 1. The predicted molar refractivity (Wildman–Crippen MR) is 118 cm³/mol. The Bertz CT molecular complexity index is 583. The maximum atomic E-state index is 12.8. The van der Waals surface area contributed by atoms with Crippen molar-refractivity contribution in [3.8, 4) is 0 Å². The molecule has 1 aromatic rings. The number of benzene rings is 1. The van der Waals surface area contributed by atoms with Crippen molar-refractivity contribution >= 4 is 36.4 Å². The summed E-state index contributed by atoms with van der Waals surface area (Å²) in [6.45, 7) is 4.50. The molecule has 0 atom stereocenters. The molecule has 0 spiro atoms. The van der Waals surface area contributed by atoms with Crippen molar-refractivity contribution in [2.45, 2.75) is 64.3 Å². The normalized spacial score (nSPS) is 19.6. The Labute approximate surface area is 176 Å². The molecular formula is C21H35Cl2N3O. The highest BCUT2D eigenvalue weighted by Crippen LogP contribution is 2.39. The first-order valence-electron chi connectivity index (χ1n) is 9.91. The molecule has 2 aliphatic rings. The van der Waals surface area contributed by atoms with Gasteiger partial charge in [-0.05, 0) is 62.3 Å². The maximum Gasteiger partial charge on any atom is 0.223 e. The van der Waals surface area contributed by atoms with E-state index in [1.807, 2.05) is 0 Å². The molecule has 1 saturated carbocycles. The predicted octanol–water partition coefficient (Wildman–Crippen LogP) is 4.54. The summed E-state index contributed by atoms with van der Waals surface area (Å²) >= 11 is 0. The first-order valence-corrected chi connectivity index (χ1v) is 9.91. The number of halogens is 2. The number of nitrogens with zero attached hydrogens (tertiary/aromatic N) is 1. The number of hydrogen-bond donors (Lipinski definition) is 2. The van der Waals surface area contributed by atoms with Crippen LogP contribution < -0.4 is 11.1 Å². The van der Waals surface area contributed by atoms with Gasteiger partial charge in [0.25, 0.3) is 0 Å². The van der Waals surface area contributed by atoms with Gasteiger partial charge in [0.2, 0.25) is 5.91 Å². The lowest BCUT2D eigenvalue weighted by atomic mass is 9.71. The van der Waals surface area contributed by atoms with Gasteiger partial charge in [-0.25, -0.2) is 0 Å². The number of nitrogens with two attached hydrogens (primary N) is 1. The lowest BCUT2D eigenvalue weighted by Crippen LogP contribution is -2.45. The zero-order chi connectivity index (χ0) is 17.7. The van der Waals surface area contributed by atoms with E-state index in [1.54, 1.807) is 0 Å². The molecule has 27 heavy (non-hydrogen) atoms. The summed E-state index contributed by atoms with van der Waals surface area (Å²) in [6.07, 6.45) is 8.71. The van der Waals surface area contributed by atoms with Gasteiger partial charge in [-0.3, -0.25) is 4.79 Å². The number of rotatable bonds is 5. The summed E-state index contributed by atoms with van der Waals surface area (Å²) in [6, 6.07) is 8.98. The Balaban J connectivity index is 0.00000182. The van der Waals surface area contributed by atoms with Crippen molar-refractivity contribution in [1.82, 2.24) is 4.90 Å². The van der Waals surface area contributed by atoms with E-state index < -0.39 is 0 Å². The van der Waals surface area contributed by atoms with Gasteiger partial charge in [0.05, 0.1) is 0 Å². The number of piperidine rings is 1. The number of aryl methyl sites for hydroxylation is 1. The molecule has 2 fully saturated rings. The minimum absolute atomic E-state index is 0. The Morgan fingerprint density at radius 2 is 1.85 bits per heavy atom. The molecule has 0 radical (unpaired) electrons. The van der Waals surface area contributed by atoms with Crippen LogP contribution in [0, 0.1) is 12.3 Å². The second-order valence-corrected chi connectivity index (χ2v) is 8.11. The number of carbonyl (C=O) groups is 1. The van der Waals surface area contributed by atoms with Gasteiger partial charge >= 0.3 is 0 Å². The van der Waals surface area contributed by atoms with Gasteiger partial charge in [0.1, 0.15) is 0 Å². The van der Waals surface area contributed by atoms with Crippen LogP contribution in [0.3, 0.4) is 0 Å². The minimum Gasteiger partial charge on any atom is -0.382 e. The molecule has 1 heterocycles. The van der Waals surface area contributed by atoms with Gasteiger partial charge in [-0.2, -0.15) is 0 Å². The fourth-order valence-corrected chi connectivity index (χ4v) is 4.43. The van der Waals surface area contributed by atoms with Crippen LogP contribution in [0.5, 0.6) is 0 Å². The highest BCUT2D eigenvalue weighted by molar-refractivity contribution is 5.85. The van der Waals surface area contributed by atoms with Crippen molar-refractivity contribution in [3.63, 3.8) is 0 Å². The second kappa shape index (κ2) is 11.1. The molecule has 1 aliphatic heterocycles. The summed E-state index contributed by atoms with van der Waals surface area (Å²) in [7, 11) is 0. The average molecular weight is 416 g/mol. The molecule has 3 rings (SSSR count). The third-order valence-corrected chi connectivity index (χ3v) is 6.11. The summed E-state index contributed by atoms with van der Waals surface area (Å²) in [5.74, 6) is 0.321. The molecule has 0 aromatic heterocycles. The largest absolute Gasteiger partial charge is 0.382 e. The van der Waals surface area contributed by atoms with Crippen LogP contribution in [0.4, 0.5) is 5.69 Å². The van der Waals surface area contributed by atoms with Crippen LogP contribution in [-0.4, -0.2) is 36.5 Å². The summed E-state index contributed by atoms with van der Waals surface area (Å²) < 4.78 is 0. The number of likely N-dealkylation sites (tertiary alicyclic amines) is 1. The monoisotopic (exact) mass is 415 g/mol. The maximum absolute atomic E-state index is 12.8. The third kappa shape index (κ3) is 6.55. The molecule has 0 unspecified atom stereocenters. The van der Waals surface area contributed by atoms with Crippen LogP contribution >= 0.6 is 24.8 Å². The van der Waals surface area contributed by atoms with Crippen LogP contribution in [0.15, 0.2) is 24.3 Å². The van der Waals surface area contributed by atoms with Crippen molar-refractivity contribution < 1.29 is 4.79 Å². The van der Waals surface area contributed by atoms with E-state index >= 15 is 0 Å². The summed E-state index contributed by atoms with van der Waals surface area (Å²) in [5, 5.41) is 3.62. The van der Waals surface area contributed by atoms with Gasteiger partial charge in [0, 0.05) is 31.2 Å². The molecule has 4 nitrogen and oxygen atoms in total. The van der Waals surface area contributed by atoms with Crippen LogP contribution in [0.2, 0.25) is 0 Å². The molecule has 6 heteroatoms. The van der Waals surface area contributed by atoms with Gasteiger partial charge in [0.15, 0.2) is 0 Å². The Kier molecular flexibility index (Phi) is 9.92. The lowest BCUT2D eigenvalue weighted by molar-refractivity contribution is -0.135. The molecular weight excluding hydrogens is 381 g/mol. The number of carbonyl (C=O) groups excluding carboxylic acids is 1. The molecule has 0 bridgehead atoms. The SMILES string of the molecule is Cc1cccc(NC2CCN(C(=O)CC3(CN)CCCCC3)CC2)c1.Cl.Cl. The van der Waals surface area contributed by atoms with E-state index in [-0.39, 0.29) is 30.2 Å². The lowest BCUT2D eigenvalue weighted by Gasteiger charge is -2.39. The van der Waals surface area contributed by atoms with Gasteiger partial charge in [-0.15, -0.1) is 24.8 Å². The standard InChI is InChI=1S/C21H33N3O.2ClH/c1-17-6-5-7-19(14-17)23-18-8-12-24(13-9-18)20(25)15-21(16-22)10-3-2-4-11-21;;/h5-7,14,18,23H,2-4,8-13,15-16,22H2,1H3;2*1H. The van der Waals surface area contributed by atoms with Crippen LogP contribution in [0.1, 0.15) is 56.9 Å². The number of anilines is 1. The first-order chi connectivity index (χ1) is 12.1. The van der Waals surface area contributed by atoms with Crippen molar-refractivity contribution in [2.75, 3.05) is 25.0 Å². The van der Waals surface area contributed by atoms with E-state index in [1.165, 1.54) is 30.5 Å². The van der Waals surface area contributed by atoms with Gasteiger partial charge in [-0.1, -0.05) is 31.4 Å². The van der Waals surface area contributed by atoms with Crippen LogP contribution in [0.25, 0.3) is 0 Å². The minimum atomic E-state index is 0. The Hall–Kier alpha value is -0.970. The average Bonchev–Trinajstić information content (AvgIpc) is 2.63. The molecule has 3 N–H and O–H groups in total. The fraction of sp³-hybridized carbons (Fsp3) is 0.667. The van der Waals surface area contributed by atoms with E-state index in [0.29, 0.717) is 24.9 Å².